The SMILES string of the molecule is COC(=O)C1CC2(CCN(C(=O)C(C)(c3ccccc3)n3ncc4c3nc(N)n3nc(-c5ccco5)nc43)CC2)C1. The monoisotopic (exact) mass is 554 g/mol. The van der Waals surface area contributed by atoms with E-state index in [1.54, 1.807) is 29.3 Å². The van der Waals surface area contributed by atoms with Crippen molar-refractivity contribution >= 4 is 34.5 Å². The first-order valence-electron chi connectivity index (χ1n) is 13.7. The van der Waals surface area contributed by atoms with Crippen LogP contribution in [0.5, 0.6) is 0 Å². The van der Waals surface area contributed by atoms with Gasteiger partial charge in [-0.25, -0.2) is 9.67 Å². The third kappa shape index (κ3) is 3.80. The van der Waals surface area contributed by atoms with Crippen molar-refractivity contribution in [3.8, 4) is 11.6 Å². The van der Waals surface area contributed by atoms with Crippen molar-refractivity contribution in [3.63, 3.8) is 0 Å². The number of amides is 1. The van der Waals surface area contributed by atoms with Gasteiger partial charge in [-0.05, 0) is 55.7 Å². The number of likely N-dealkylation sites (tertiary alicyclic amines) is 1. The number of fused-ring (bicyclic) bond motifs is 3. The van der Waals surface area contributed by atoms with E-state index in [-0.39, 0.29) is 29.2 Å². The summed E-state index contributed by atoms with van der Waals surface area (Å²) in [4.78, 5) is 37.7. The largest absolute Gasteiger partial charge is 0.469 e. The molecule has 2 fully saturated rings. The highest BCUT2D eigenvalue weighted by Crippen LogP contribution is 2.53. The summed E-state index contributed by atoms with van der Waals surface area (Å²) in [6.45, 7) is 3.08. The second-order valence-corrected chi connectivity index (χ2v) is 11.3. The Morgan fingerprint density at radius 3 is 2.51 bits per heavy atom. The average molecular weight is 555 g/mol. The summed E-state index contributed by atoms with van der Waals surface area (Å²) in [6, 6.07) is 13.1. The van der Waals surface area contributed by atoms with Gasteiger partial charge in [-0.2, -0.15) is 14.6 Å². The summed E-state index contributed by atoms with van der Waals surface area (Å²) < 4.78 is 13.5. The molecule has 1 aliphatic carbocycles. The van der Waals surface area contributed by atoms with Crippen molar-refractivity contribution in [1.29, 1.82) is 0 Å². The van der Waals surface area contributed by atoms with Crippen LogP contribution in [-0.4, -0.2) is 66.3 Å². The molecule has 5 aromatic rings. The molecule has 1 aliphatic heterocycles. The van der Waals surface area contributed by atoms with Crippen molar-refractivity contribution in [1.82, 2.24) is 34.3 Å². The molecule has 1 amide bonds. The van der Waals surface area contributed by atoms with Gasteiger partial charge < -0.3 is 19.8 Å². The van der Waals surface area contributed by atoms with E-state index in [1.807, 2.05) is 42.2 Å². The zero-order valence-corrected chi connectivity index (χ0v) is 22.9. The Morgan fingerprint density at radius 2 is 1.83 bits per heavy atom. The van der Waals surface area contributed by atoms with Crippen molar-refractivity contribution < 1.29 is 18.7 Å². The number of aromatic nitrogens is 6. The minimum absolute atomic E-state index is 0.0360. The first-order chi connectivity index (χ1) is 19.8. The second kappa shape index (κ2) is 9.15. The van der Waals surface area contributed by atoms with E-state index in [9.17, 15) is 9.59 Å². The quantitative estimate of drug-likeness (QED) is 0.323. The maximum Gasteiger partial charge on any atom is 0.308 e. The van der Waals surface area contributed by atoms with Gasteiger partial charge in [-0.15, -0.1) is 5.10 Å². The number of benzene rings is 1. The Labute approximate surface area is 235 Å². The molecule has 7 rings (SSSR count). The molecule has 1 spiro atoms. The fourth-order valence-electron chi connectivity index (χ4n) is 6.57. The number of anilines is 1. The fourth-order valence-corrected chi connectivity index (χ4v) is 6.57. The van der Waals surface area contributed by atoms with Crippen LogP contribution in [-0.2, 0) is 19.9 Å². The van der Waals surface area contributed by atoms with Gasteiger partial charge in [-0.3, -0.25) is 9.59 Å². The van der Waals surface area contributed by atoms with Gasteiger partial charge in [0, 0.05) is 13.1 Å². The fraction of sp³-hybridized carbons (Fsp3) is 0.379. The Kier molecular flexibility index (Phi) is 5.63. The average Bonchev–Trinajstić information content (AvgIpc) is 3.75. The van der Waals surface area contributed by atoms with Crippen LogP contribution in [0.1, 0.15) is 38.2 Å². The standard InChI is InChI=1S/C29H30N8O4/c1-28(19-7-4-3-5-8-19,26(39)35-12-10-29(11-13-35)15-18(16-29)25(38)40-2)37-24-20(17-31-37)23-32-22(21-9-6-14-41-21)34-36(23)27(30)33-24/h3-9,14,17-18H,10-13,15-16H2,1-2H3,(H2,30,33). The predicted octanol–water partition coefficient (Wildman–Crippen LogP) is 3.27. The molecule has 1 saturated heterocycles. The molecular weight excluding hydrogens is 524 g/mol. The van der Waals surface area contributed by atoms with Crippen molar-refractivity contribution in [3.05, 3.63) is 60.5 Å². The maximum atomic E-state index is 14.5. The Bertz CT molecular complexity index is 1760. The van der Waals surface area contributed by atoms with Crippen LogP contribution < -0.4 is 5.73 Å². The van der Waals surface area contributed by atoms with Gasteiger partial charge in [0.15, 0.2) is 22.6 Å². The molecule has 5 heterocycles. The maximum absolute atomic E-state index is 14.5. The third-order valence-electron chi connectivity index (χ3n) is 8.95. The molecule has 210 valence electrons. The lowest BCUT2D eigenvalue weighted by molar-refractivity contribution is -0.158. The zero-order chi connectivity index (χ0) is 28.4. The number of nitrogens with two attached hydrogens (primary N) is 1. The second-order valence-electron chi connectivity index (χ2n) is 11.3. The number of carbonyl (C=O) groups is 2. The Morgan fingerprint density at radius 1 is 1.07 bits per heavy atom. The molecule has 12 heteroatoms. The molecule has 1 aromatic carbocycles. The smallest absolute Gasteiger partial charge is 0.308 e. The summed E-state index contributed by atoms with van der Waals surface area (Å²) in [5.74, 6) is 0.744. The number of esters is 1. The molecule has 12 nitrogen and oxygen atoms in total. The van der Waals surface area contributed by atoms with E-state index in [2.05, 4.69) is 15.1 Å². The molecule has 1 saturated carbocycles. The van der Waals surface area contributed by atoms with Gasteiger partial charge in [-0.1, -0.05) is 30.3 Å². The number of nitrogens with zero attached hydrogens (tertiary/aromatic N) is 7. The summed E-state index contributed by atoms with van der Waals surface area (Å²) in [7, 11) is 1.44. The number of hydrogen-bond acceptors (Lipinski definition) is 9. The van der Waals surface area contributed by atoms with E-state index in [0.717, 1.165) is 31.2 Å². The number of carbonyl (C=O) groups excluding carboxylic acids is 2. The van der Waals surface area contributed by atoms with E-state index in [0.29, 0.717) is 41.4 Å². The Balaban J connectivity index is 1.26. The van der Waals surface area contributed by atoms with Crippen LogP contribution in [0, 0.1) is 11.3 Å². The van der Waals surface area contributed by atoms with E-state index in [1.165, 1.54) is 11.6 Å². The molecule has 4 aromatic heterocycles. The van der Waals surface area contributed by atoms with Crippen LogP contribution in [0.3, 0.4) is 0 Å². The summed E-state index contributed by atoms with van der Waals surface area (Å²) in [5, 5.41) is 9.80. The Hall–Kier alpha value is -4.74. The molecule has 2 N–H and O–H groups in total. The van der Waals surface area contributed by atoms with Crippen LogP contribution in [0.25, 0.3) is 28.3 Å². The van der Waals surface area contributed by atoms with Crippen LogP contribution in [0.2, 0.25) is 0 Å². The minimum atomic E-state index is -1.21. The third-order valence-corrected chi connectivity index (χ3v) is 8.95. The lowest BCUT2D eigenvalue weighted by Gasteiger charge is -2.52. The van der Waals surface area contributed by atoms with Crippen molar-refractivity contribution in [2.75, 3.05) is 25.9 Å². The normalized spacial score (nSPS) is 18.4. The number of hydrogen-bond donors (Lipinski definition) is 1. The van der Waals surface area contributed by atoms with E-state index in [4.69, 9.17) is 20.0 Å². The molecule has 2 aliphatic rings. The lowest BCUT2D eigenvalue weighted by atomic mass is 9.57. The molecule has 1 unspecified atom stereocenters. The van der Waals surface area contributed by atoms with Gasteiger partial charge >= 0.3 is 5.97 Å². The number of furan rings is 1. The predicted molar refractivity (Wildman–Crippen MR) is 148 cm³/mol. The molecule has 41 heavy (non-hydrogen) atoms. The summed E-state index contributed by atoms with van der Waals surface area (Å²) in [5.41, 5.74) is 6.93. The molecular formula is C29H30N8O4. The van der Waals surface area contributed by atoms with Crippen LogP contribution >= 0.6 is 0 Å². The summed E-state index contributed by atoms with van der Waals surface area (Å²) in [6.07, 6.45) is 6.53. The number of rotatable bonds is 5. The van der Waals surface area contributed by atoms with Gasteiger partial charge in [0.2, 0.25) is 11.8 Å². The highest BCUT2D eigenvalue weighted by molar-refractivity contribution is 5.94. The highest BCUT2D eigenvalue weighted by atomic mass is 16.5. The van der Waals surface area contributed by atoms with Crippen LogP contribution in [0.4, 0.5) is 5.95 Å². The van der Waals surface area contributed by atoms with Crippen molar-refractivity contribution in [2.24, 2.45) is 11.3 Å². The first-order valence-corrected chi connectivity index (χ1v) is 13.7. The van der Waals surface area contributed by atoms with Gasteiger partial charge in [0.25, 0.3) is 5.91 Å². The number of nitrogen functional groups attached to an aromatic ring is 1. The van der Waals surface area contributed by atoms with E-state index < -0.39 is 5.54 Å². The van der Waals surface area contributed by atoms with Crippen LogP contribution in [0.15, 0.2) is 59.3 Å². The number of methoxy groups -OCH3 is 1. The summed E-state index contributed by atoms with van der Waals surface area (Å²) >= 11 is 0. The van der Waals surface area contributed by atoms with Crippen molar-refractivity contribution in [2.45, 2.75) is 38.1 Å². The van der Waals surface area contributed by atoms with Gasteiger partial charge in [0.05, 0.1) is 30.9 Å². The minimum Gasteiger partial charge on any atom is -0.469 e. The first kappa shape index (κ1) is 25.2. The highest BCUT2D eigenvalue weighted by Gasteiger charge is 2.51. The molecule has 1 atom stereocenters. The van der Waals surface area contributed by atoms with E-state index >= 15 is 0 Å². The zero-order valence-electron chi connectivity index (χ0n) is 22.9. The lowest BCUT2D eigenvalue weighted by Crippen LogP contribution is -2.55. The molecule has 0 radical (unpaired) electrons. The molecule has 0 bridgehead atoms. The topological polar surface area (TPSA) is 147 Å². The number of ether oxygens (including phenoxy) is 1. The number of piperidine rings is 1. The van der Waals surface area contributed by atoms with Gasteiger partial charge in [0.1, 0.15) is 0 Å².